The van der Waals surface area contributed by atoms with Crippen molar-refractivity contribution < 1.29 is 59.7 Å². The number of imidazole rings is 1. The van der Waals surface area contributed by atoms with Crippen molar-refractivity contribution in [3.8, 4) is 0 Å². The number of aliphatic hydroxyl groups excluding tert-OH is 2. The Morgan fingerprint density at radius 1 is 0.809 bits per heavy atom. The molecule has 3 saturated heterocycles. The van der Waals surface area contributed by atoms with Crippen LogP contribution in [0.3, 0.4) is 0 Å². The van der Waals surface area contributed by atoms with Gasteiger partial charge in [-0.3, -0.25) is 28.3 Å². The van der Waals surface area contributed by atoms with Gasteiger partial charge in [0, 0.05) is 91.6 Å². The Hall–Kier alpha value is -6.81. The van der Waals surface area contributed by atoms with Crippen LogP contribution in [-0.2, 0) is 37.2 Å². The molecule has 3 fully saturated rings. The summed E-state index contributed by atoms with van der Waals surface area (Å²) in [5.41, 5.74) is -1.89. The standard InChI is InChI=1S/C29H41N6O6P.C28H35N8O5P.2CH4O.CH4/c1-19(2)35(20(3)4)42(39-16-15-30-7)41-23-17-24(40-29(23,6)27(37)33(8)9)34-18-21(5)25(32-28(34)38)31-26(36)22-13-11-10-12-14-22;1-17(2)36(18(3)4)42(39-14-13-29-6)41-22-21-26(40-28(22,5)27(38)34(21)7)35-16-32-20-23(30-15-31-24(20)35)33-25(37)19-11-9-8-10-12-19;2*1-2;/h10-14,18-20,23-24H,15-17H2,1-6,8-9H3,(H,31,32,36,38);8-12,15-18,21-22,26H,13-14H2,1-5,7H3,(H,30,31,33,37);2*2H,1H3;1H4/t23-,24+,29+,42?;21-,22+,26-,28-,42?;;;/m01.../s1/i6D;5D;2*2T;. The zero-order valence-electron chi connectivity index (χ0n) is 56.2. The molecule has 3 aromatic heterocycles. The van der Waals surface area contributed by atoms with Gasteiger partial charge in [-0.25, -0.2) is 42.2 Å². The molecule has 2 bridgehead atoms. The minimum atomic E-state index is -1.77. The van der Waals surface area contributed by atoms with Crippen molar-refractivity contribution in [1.82, 2.24) is 48.2 Å². The highest BCUT2D eigenvalue weighted by molar-refractivity contribution is 7.45. The van der Waals surface area contributed by atoms with Gasteiger partial charge in [0.1, 0.15) is 49.8 Å². The third kappa shape index (κ3) is 17.2. The minimum absolute atomic E-state index is 0. The fraction of sp³-hybridized carbons (Fsp3) is 0.550. The molecule has 2 aromatic carbocycles. The number of amides is 4. The number of carbonyl (C=O) groups is 4. The van der Waals surface area contributed by atoms with Gasteiger partial charge < -0.3 is 67.9 Å². The molecule has 486 valence electrons. The Balaban J connectivity index is 0.000000362. The monoisotopic (exact) mass is 1280 g/mol. The van der Waals surface area contributed by atoms with E-state index < -0.39 is 83.4 Å². The highest BCUT2D eigenvalue weighted by Crippen LogP contribution is 2.57. The maximum Gasteiger partial charge on any atom is 0.351 e. The summed E-state index contributed by atoms with van der Waals surface area (Å²) in [6.07, 6.45) is 0.860. The van der Waals surface area contributed by atoms with Gasteiger partial charge in [0.2, 0.25) is 16.0 Å². The van der Waals surface area contributed by atoms with Gasteiger partial charge in [-0.15, -0.1) is 0 Å². The molecule has 0 aliphatic carbocycles. The molecule has 0 radical (unpaired) electrons. The molecule has 3 aliphatic rings. The van der Waals surface area contributed by atoms with Crippen molar-refractivity contribution in [2.45, 2.75) is 156 Å². The summed E-state index contributed by atoms with van der Waals surface area (Å²) in [5, 5.41) is 12.5. The molecular formula is C60H88N14O13P2. The van der Waals surface area contributed by atoms with E-state index in [1.54, 1.807) is 92.1 Å². The maximum absolute atomic E-state index is 13.6. The number of hydrogen-bond acceptors (Lipinski definition) is 19. The van der Waals surface area contributed by atoms with E-state index in [0.717, 1.165) is 0 Å². The Bertz CT molecular complexity index is 3350. The molecule has 4 amide bonds. The first-order valence-corrected chi connectivity index (χ1v) is 30.4. The van der Waals surface area contributed by atoms with Crippen molar-refractivity contribution in [1.29, 1.82) is 2.86 Å². The summed E-state index contributed by atoms with van der Waals surface area (Å²) in [6, 6.07) is 16.8. The van der Waals surface area contributed by atoms with Crippen LogP contribution in [0.25, 0.3) is 20.9 Å². The Kier molecular flexibility index (Phi) is 25.9. The van der Waals surface area contributed by atoms with Gasteiger partial charge >= 0.3 is 5.69 Å². The number of rotatable bonds is 23. The second kappa shape index (κ2) is 33.9. The lowest BCUT2D eigenvalue weighted by atomic mass is 9.97. The van der Waals surface area contributed by atoms with Crippen molar-refractivity contribution in [3.63, 3.8) is 0 Å². The predicted octanol–water partition coefficient (Wildman–Crippen LogP) is 7.96. The maximum atomic E-state index is 13.6. The molecule has 3 aliphatic heterocycles. The molecule has 0 spiro atoms. The smallest absolute Gasteiger partial charge is 0.351 e. The quantitative estimate of drug-likeness (QED) is 0.0274. The number of morpholine rings is 1. The van der Waals surface area contributed by atoms with Crippen LogP contribution in [0.2, 0.25) is 0 Å². The van der Waals surface area contributed by atoms with Crippen LogP contribution >= 0.6 is 17.1 Å². The summed E-state index contributed by atoms with van der Waals surface area (Å²) in [6.45, 7) is 31.9. The van der Waals surface area contributed by atoms with E-state index in [1.165, 1.54) is 42.5 Å². The van der Waals surface area contributed by atoms with E-state index in [2.05, 4.69) is 55.1 Å². The zero-order valence-corrected chi connectivity index (χ0v) is 54.0. The van der Waals surface area contributed by atoms with Crippen molar-refractivity contribution in [2.24, 2.45) is 0 Å². The summed E-state index contributed by atoms with van der Waals surface area (Å²) in [7, 11) is 3.91. The minimum Gasteiger partial charge on any atom is -0.400 e. The average molecular weight is 1280 g/mol. The highest BCUT2D eigenvalue weighted by atomic mass is 31.2. The lowest BCUT2D eigenvalue weighted by molar-refractivity contribution is -0.170. The van der Waals surface area contributed by atoms with Gasteiger partial charge in [0.05, 0.1) is 6.33 Å². The van der Waals surface area contributed by atoms with E-state index in [4.69, 9.17) is 46.3 Å². The number of aliphatic hydroxyl groups is 2. The number of hydrogen-bond donors (Lipinski definition) is 4. The van der Waals surface area contributed by atoms with Crippen LogP contribution in [0, 0.1) is 20.1 Å². The number of aryl methyl sites for hydroxylation is 1. The van der Waals surface area contributed by atoms with Gasteiger partial charge in [-0.2, -0.15) is 4.98 Å². The number of fused-ring (bicyclic) bond motifs is 3. The fourth-order valence-corrected chi connectivity index (χ4v) is 13.7. The first-order valence-electron chi connectivity index (χ1n) is 30.4. The number of ether oxygens (including phenoxy) is 2. The SMILES string of the molecule is C.[2H]C[C@@]1(C(=O)N(C)C)O[C@@H](n2cc(C)c(NC(=O)c3ccccc3)nc2=O)C[C@@H]1OP(OCC[N+]#[C-])N(C(C)C)C(C)C.[2H]C[C@@]12O[C@@H](n3cnc4c(NC(=O)c5ccccc5)ncnc43)[C@@H]([C@@H]1OP(OCC[N+]#[C-])N(C(C)C)C(C)C)N(C)C2=O.[3H]OC.[3H]OC. The van der Waals surface area contributed by atoms with Crippen molar-refractivity contribution in [3.05, 3.63) is 130 Å². The van der Waals surface area contributed by atoms with E-state index in [-0.39, 0.29) is 94.7 Å². The molecule has 8 rings (SSSR count). The van der Waals surface area contributed by atoms with Crippen LogP contribution in [-0.4, -0.2) is 200 Å². The lowest BCUT2D eigenvalue weighted by Crippen LogP contribution is -2.51. The Morgan fingerprint density at radius 2 is 1.33 bits per heavy atom. The largest absolute Gasteiger partial charge is 0.400 e. The molecule has 4 N–H and O–H groups in total. The molecule has 9 atom stereocenters. The third-order valence-electron chi connectivity index (χ3n) is 13.9. The van der Waals surface area contributed by atoms with E-state index in [9.17, 15) is 24.0 Å². The Morgan fingerprint density at radius 3 is 1.81 bits per heavy atom. The molecule has 0 saturated carbocycles. The first kappa shape index (κ1) is 68.1. The van der Waals surface area contributed by atoms with Crippen LogP contribution in [0.4, 0.5) is 11.6 Å². The normalized spacial score (nSPS) is 22.1. The number of likely N-dealkylation sites (tertiary alicyclic amines) is 1. The zero-order chi connectivity index (χ0) is 68.2. The van der Waals surface area contributed by atoms with Crippen LogP contribution in [0.1, 0.15) is 125 Å². The molecule has 6 heterocycles. The van der Waals surface area contributed by atoms with Crippen LogP contribution in [0.5, 0.6) is 0 Å². The molecule has 2 unspecified atom stereocenters. The van der Waals surface area contributed by atoms with Crippen molar-refractivity contribution >= 4 is 63.5 Å². The number of nitrogens with zero attached hydrogens (tertiary/aromatic N) is 12. The van der Waals surface area contributed by atoms with Gasteiger partial charge in [-0.05, 0) is 100 Å². The van der Waals surface area contributed by atoms with E-state index in [1.807, 2.05) is 66.1 Å². The number of anilines is 2. The van der Waals surface area contributed by atoms with Crippen molar-refractivity contribution in [2.75, 3.05) is 72.3 Å². The molecule has 5 aromatic rings. The fourth-order valence-electron chi connectivity index (χ4n) is 10.1. The number of likely N-dealkylation sites (N-methyl/N-ethyl adjacent to an activating group) is 2. The average Bonchev–Trinajstić information content (AvgIpc) is 1.54. The van der Waals surface area contributed by atoms with Crippen LogP contribution in [0.15, 0.2) is 84.3 Å². The lowest BCUT2D eigenvalue weighted by Gasteiger charge is -2.39. The summed E-state index contributed by atoms with van der Waals surface area (Å²) in [4.78, 5) is 92.8. The number of aromatic nitrogens is 6. The Labute approximate surface area is 530 Å². The van der Waals surface area contributed by atoms with E-state index >= 15 is 0 Å². The third-order valence-corrected chi connectivity index (χ3v) is 18.2. The van der Waals surface area contributed by atoms with Gasteiger partial charge in [-0.1, -0.05) is 43.8 Å². The first-order chi connectivity index (χ1) is 43.8. The summed E-state index contributed by atoms with van der Waals surface area (Å²) < 4.78 is 73.5. The number of nitrogens with one attached hydrogen (secondary N) is 2. The van der Waals surface area contributed by atoms with Gasteiger partial charge in [0.15, 0.2) is 34.4 Å². The number of benzene rings is 2. The second-order valence-corrected chi connectivity index (χ2v) is 24.3. The highest BCUT2D eigenvalue weighted by Gasteiger charge is 2.68. The van der Waals surface area contributed by atoms with E-state index in [0.29, 0.717) is 27.9 Å². The molecule has 89 heavy (non-hydrogen) atoms. The molecule has 29 heteroatoms. The second-order valence-electron chi connectivity index (χ2n) is 21.5. The van der Waals surface area contributed by atoms with Gasteiger partial charge in [0.25, 0.3) is 40.7 Å². The topological polar surface area (TPSA) is 288 Å². The summed E-state index contributed by atoms with van der Waals surface area (Å²) in [5.74, 6) is -1.23. The summed E-state index contributed by atoms with van der Waals surface area (Å²) >= 11 is 0. The number of carbonyl (C=O) groups excluding carboxylic acids is 4. The molecular weight excluding hydrogens is 1190 g/mol. The molecule has 27 nitrogen and oxygen atoms in total. The van der Waals surface area contributed by atoms with Crippen LogP contribution < -0.4 is 16.3 Å². The predicted molar refractivity (Wildman–Crippen MR) is 340 cm³/mol.